The minimum absolute atomic E-state index is 0.0503. The largest absolute Gasteiger partial charge is 0.493 e. The third-order valence-electron chi connectivity index (χ3n) is 3.10. The van der Waals surface area contributed by atoms with Crippen LogP contribution in [0.25, 0.3) is 0 Å². The maximum absolute atomic E-state index is 12.0. The molecular weight excluding hydrogens is 314 g/mol. The Balaban J connectivity index is 2.44. The zero-order valence-electron chi connectivity index (χ0n) is 11.1. The van der Waals surface area contributed by atoms with Gasteiger partial charge in [0.25, 0.3) is 0 Å². The molecule has 1 amide bonds. The number of carbonyl (C=O) groups is 1. The lowest BCUT2D eigenvalue weighted by atomic mass is 10.2. The van der Waals surface area contributed by atoms with Gasteiger partial charge in [-0.2, -0.15) is 0 Å². The van der Waals surface area contributed by atoms with Crippen molar-refractivity contribution < 1.29 is 19.0 Å². The molecule has 0 spiro atoms. The van der Waals surface area contributed by atoms with Gasteiger partial charge in [0.15, 0.2) is 11.5 Å². The van der Waals surface area contributed by atoms with Gasteiger partial charge in [-0.3, -0.25) is 4.79 Å². The van der Waals surface area contributed by atoms with E-state index in [9.17, 15) is 4.79 Å². The molecule has 0 N–H and O–H groups in total. The number of carbonyl (C=O) groups excluding carboxylic acids is 1. The molecule has 0 bridgehead atoms. The van der Waals surface area contributed by atoms with Crippen molar-refractivity contribution in [2.24, 2.45) is 0 Å². The van der Waals surface area contributed by atoms with Crippen LogP contribution >= 0.6 is 15.9 Å². The van der Waals surface area contributed by atoms with Crippen LogP contribution in [-0.2, 0) is 4.79 Å². The maximum Gasteiger partial charge on any atom is 0.240 e. The van der Waals surface area contributed by atoms with Gasteiger partial charge >= 0.3 is 0 Å². The third-order valence-corrected chi connectivity index (χ3v) is 3.95. The fourth-order valence-electron chi connectivity index (χ4n) is 2.12. The summed E-state index contributed by atoms with van der Waals surface area (Å²) in [7, 11) is 4.66. The fourth-order valence-corrected chi connectivity index (χ4v) is 2.58. The summed E-state index contributed by atoms with van der Waals surface area (Å²) in [6.07, 6.45) is 0.787. The monoisotopic (exact) mass is 329 g/mol. The Morgan fingerprint density at radius 2 is 1.74 bits per heavy atom. The molecular formula is C13H16BrNO4. The van der Waals surface area contributed by atoms with E-state index in [4.69, 9.17) is 14.2 Å². The first kappa shape index (κ1) is 14.0. The summed E-state index contributed by atoms with van der Waals surface area (Å²) in [6.45, 7) is 0.674. The van der Waals surface area contributed by atoms with Gasteiger partial charge in [-0.25, -0.2) is 0 Å². The van der Waals surface area contributed by atoms with Crippen LogP contribution < -0.4 is 19.1 Å². The van der Waals surface area contributed by atoms with E-state index in [2.05, 4.69) is 15.9 Å². The van der Waals surface area contributed by atoms with E-state index < -0.39 is 0 Å². The highest BCUT2D eigenvalue weighted by molar-refractivity contribution is 9.10. The van der Waals surface area contributed by atoms with Crippen molar-refractivity contribution in [1.82, 2.24) is 0 Å². The summed E-state index contributed by atoms with van der Waals surface area (Å²) in [5, 5.41) is 0. The standard InChI is InChI=1S/C13H16BrNO4/c1-17-10-6-8(7-11(18-2)12(10)19-3)15-5-4-9(14)13(15)16/h6-7,9H,4-5H2,1-3H3. The zero-order chi connectivity index (χ0) is 14.0. The van der Waals surface area contributed by atoms with E-state index in [0.717, 1.165) is 12.1 Å². The highest BCUT2D eigenvalue weighted by Crippen LogP contribution is 2.42. The molecule has 2 rings (SSSR count). The normalized spacial score (nSPS) is 18.6. The number of hydrogen-bond acceptors (Lipinski definition) is 4. The molecule has 1 aromatic rings. The highest BCUT2D eigenvalue weighted by Gasteiger charge is 2.31. The SMILES string of the molecule is COc1cc(N2CCC(Br)C2=O)cc(OC)c1OC. The summed E-state index contributed by atoms with van der Waals surface area (Å²) in [5.41, 5.74) is 0.751. The Kier molecular flexibility index (Phi) is 4.19. The lowest BCUT2D eigenvalue weighted by Gasteiger charge is -2.20. The summed E-state index contributed by atoms with van der Waals surface area (Å²) in [6, 6.07) is 3.56. The topological polar surface area (TPSA) is 48.0 Å². The highest BCUT2D eigenvalue weighted by atomic mass is 79.9. The average Bonchev–Trinajstić information content (AvgIpc) is 2.77. The molecule has 1 fully saturated rings. The van der Waals surface area contributed by atoms with Gasteiger partial charge < -0.3 is 19.1 Å². The summed E-state index contributed by atoms with van der Waals surface area (Å²) >= 11 is 3.36. The van der Waals surface area contributed by atoms with Gasteiger partial charge in [0, 0.05) is 18.7 Å². The molecule has 0 saturated carbocycles. The molecule has 0 radical (unpaired) electrons. The summed E-state index contributed by atoms with van der Waals surface area (Å²) < 4.78 is 15.8. The molecule has 0 aliphatic carbocycles. The number of halogens is 1. The van der Waals surface area contributed by atoms with Crippen LogP contribution in [0.15, 0.2) is 12.1 Å². The second kappa shape index (κ2) is 5.69. The lowest BCUT2D eigenvalue weighted by Crippen LogP contribution is -2.27. The maximum atomic E-state index is 12.0. The molecule has 1 aromatic carbocycles. The third kappa shape index (κ3) is 2.49. The minimum Gasteiger partial charge on any atom is -0.493 e. The van der Waals surface area contributed by atoms with E-state index in [1.54, 1.807) is 38.4 Å². The number of rotatable bonds is 4. The van der Waals surface area contributed by atoms with Gasteiger partial charge in [0.2, 0.25) is 11.7 Å². The van der Waals surface area contributed by atoms with E-state index in [1.807, 2.05) is 0 Å². The number of ether oxygens (including phenoxy) is 3. The van der Waals surface area contributed by atoms with Gasteiger partial charge in [0.1, 0.15) is 0 Å². The predicted octanol–water partition coefficient (Wildman–Crippen LogP) is 2.21. The van der Waals surface area contributed by atoms with Gasteiger partial charge in [-0.1, -0.05) is 15.9 Å². The quantitative estimate of drug-likeness (QED) is 0.795. The zero-order valence-corrected chi connectivity index (χ0v) is 12.7. The molecule has 6 heteroatoms. The number of amides is 1. The molecule has 1 aliphatic heterocycles. The smallest absolute Gasteiger partial charge is 0.240 e. The summed E-state index contributed by atoms with van der Waals surface area (Å²) in [4.78, 5) is 13.6. The first-order valence-electron chi connectivity index (χ1n) is 5.87. The Morgan fingerprint density at radius 3 is 2.11 bits per heavy atom. The number of nitrogens with zero attached hydrogens (tertiary/aromatic N) is 1. The number of alkyl halides is 1. The van der Waals surface area contributed by atoms with Crippen LogP contribution in [0, 0.1) is 0 Å². The van der Waals surface area contributed by atoms with E-state index in [-0.39, 0.29) is 10.7 Å². The molecule has 0 aromatic heterocycles. The van der Waals surface area contributed by atoms with Crippen LogP contribution in [0.5, 0.6) is 17.2 Å². The molecule has 1 saturated heterocycles. The first-order valence-corrected chi connectivity index (χ1v) is 6.79. The van der Waals surface area contributed by atoms with Crippen LogP contribution in [-0.4, -0.2) is 38.6 Å². The Bertz CT molecular complexity index is 467. The Labute approximate surface area is 120 Å². The van der Waals surface area contributed by atoms with Crippen LogP contribution in [0.1, 0.15) is 6.42 Å². The van der Waals surface area contributed by atoms with Gasteiger partial charge in [0.05, 0.1) is 31.8 Å². The molecule has 1 heterocycles. The second-order valence-electron chi connectivity index (χ2n) is 4.13. The van der Waals surface area contributed by atoms with Crippen molar-refractivity contribution in [2.45, 2.75) is 11.2 Å². The van der Waals surface area contributed by atoms with E-state index >= 15 is 0 Å². The molecule has 104 valence electrons. The first-order chi connectivity index (χ1) is 9.12. The number of methoxy groups -OCH3 is 3. The van der Waals surface area contributed by atoms with E-state index in [0.29, 0.717) is 23.8 Å². The van der Waals surface area contributed by atoms with Crippen LogP contribution in [0.4, 0.5) is 5.69 Å². The fraction of sp³-hybridized carbons (Fsp3) is 0.462. The van der Waals surface area contributed by atoms with Crippen molar-refractivity contribution >= 4 is 27.5 Å². The number of hydrogen-bond donors (Lipinski definition) is 0. The number of anilines is 1. The summed E-state index contributed by atoms with van der Waals surface area (Å²) in [5.74, 6) is 1.66. The molecule has 1 atom stereocenters. The van der Waals surface area contributed by atoms with E-state index in [1.165, 1.54) is 0 Å². The van der Waals surface area contributed by atoms with Crippen molar-refractivity contribution in [2.75, 3.05) is 32.8 Å². The predicted molar refractivity (Wildman–Crippen MR) is 75.8 cm³/mol. The van der Waals surface area contributed by atoms with Crippen molar-refractivity contribution in [1.29, 1.82) is 0 Å². The van der Waals surface area contributed by atoms with Gasteiger partial charge in [-0.05, 0) is 6.42 Å². The molecule has 5 nitrogen and oxygen atoms in total. The average molecular weight is 330 g/mol. The van der Waals surface area contributed by atoms with Crippen molar-refractivity contribution in [3.63, 3.8) is 0 Å². The molecule has 1 aliphatic rings. The van der Waals surface area contributed by atoms with Crippen molar-refractivity contribution in [3.8, 4) is 17.2 Å². The van der Waals surface area contributed by atoms with Crippen molar-refractivity contribution in [3.05, 3.63) is 12.1 Å². The lowest BCUT2D eigenvalue weighted by molar-refractivity contribution is -0.116. The van der Waals surface area contributed by atoms with Crippen LogP contribution in [0.3, 0.4) is 0 Å². The molecule has 19 heavy (non-hydrogen) atoms. The number of benzene rings is 1. The van der Waals surface area contributed by atoms with Crippen LogP contribution in [0.2, 0.25) is 0 Å². The Morgan fingerprint density at radius 1 is 1.16 bits per heavy atom. The molecule has 1 unspecified atom stereocenters. The minimum atomic E-state index is -0.119. The van der Waals surface area contributed by atoms with Gasteiger partial charge in [-0.15, -0.1) is 0 Å². The second-order valence-corrected chi connectivity index (χ2v) is 5.23. The Hall–Kier alpha value is -1.43.